The topological polar surface area (TPSA) is 110 Å². The van der Waals surface area contributed by atoms with Gasteiger partial charge in [-0.3, -0.25) is 9.10 Å². The Morgan fingerprint density at radius 3 is 2.49 bits per heavy atom. The van der Waals surface area contributed by atoms with Crippen molar-refractivity contribution in [3.63, 3.8) is 0 Å². The maximum Gasteiger partial charge on any atom is 0.264 e. The Labute approximate surface area is 219 Å². The normalized spacial score (nSPS) is 11.4. The van der Waals surface area contributed by atoms with Gasteiger partial charge in [0.1, 0.15) is 23.2 Å². The minimum Gasteiger partial charge on any atom is -0.497 e. The molecule has 0 spiro atoms. The summed E-state index contributed by atoms with van der Waals surface area (Å²) in [5.74, 6) is -0.00439. The molecule has 11 heteroatoms. The molecule has 0 unspecified atom stereocenters. The van der Waals surface area contributed by atoms with Crippen molar-refractivity contribution in [1.82, 2.24) is 10.4 Å². The van der Waals surface area contributed by atoms with E-state index in [0.717, 1.165) is 15.2 Å². The summed E-state index contributed by atoms with van der Waals surface area (Å²) in [6, 6.07) is 21.6. The van der Waals surface area contributed by atoms with Gasteiger partial charge < -0.3 is 9.47 Å². The Morgan fingerprint density at radius 1 is 1.03 bits per heavy atom. The molecule has 0 radical (unpaired) electrons. The zero-order chi connectivity index (χ0) is 26.4. The van der Waals surface area contributed by atoms with Gasteiger partial charge in [0.05, 0.1) is 36.5 Å². The van der Waals surface area contributed by atoms with Crippen molar-refractivity contribution in [2.75, 3.05) is 25.1 Å². The first-order valence-electron chi connectivity index (χ1n) is 11.0. The van der Waals surface area contributed by atoms with Crippen molar-refractivity contribution in [3.05, 3.63) is 89.6 Å². The Kier molecular flexibility index (Phi) is 7.90. The average Bonchev–Trinajstić information content (AvgIpc) is 2.92. The SMILES string of the molecule is COc1ccc(N(CC(=O)N/N=C\c2cc3ccccc3nc2Cl)S(=O)(=O)c2ccccc2)c(OC)c1. The lowest BCUT2D eigenvalue weighted by Gasteiger charge is -2.25. The molecule has 1 aromatic heterocycles. The van der Waals surface area contributed by atoms with E-state index in [1.165, 1.54) is 44.7 Å². The highest BCUT2D eigenvalue weighted by molar-refractivity contribution is 7.92. The summed E-state index contributed by atoms with van der Waals surface area (Å²) in [5, 5.41) is 5.03. The lowest BCUT2D eigenvalue weighted by molar-refractivity contribution is -0.119. The fourth-order valence-corrected chi connectivity index (χ4v) is 5.20. The van der Waals surface area contributed by atoms with E-state index in [1.807, 2.05) is 24.3 Å². The minimum atomic E-state index is -4.14. The molecule has 1 amide bonds. The van der Waals surface area contributed by atoms with Crippen LogP contribution in [0.4, 0.5) is 5.69 Å². The van der Waals surface area contributed by atoms with Crippen LogP contribution in [-0.2, 0) is 14.8 Å². The van der Waals surface area contributed by atoms with E-state index in [4.69, 9.17) is 21.1 Å². The number of methoxy groups -OCH3 is 2. The number of aromatic nitrogens is 1. The van der Waals surface area contributed by atoms with Crippen LogP contribution >= 0.6 is 11.6 Å². The van der Waals surface area contributed by atoms with Gasteiger partial charge in [-0.25, -0.2) is 18.8 Å². The Morgan fingerprint density at radius 2 is 1.76 bits per heavy atom. The number of nitrogens with zero attached hydrogens (tertiary/aromatic N) is 3. The first-order chi connectivity index (χ1) is 17.8. The number of hydrogen-bond acceptors (Lipinski definition) is 7. The summed E-state index contributed by atoms with van der Waals surface area (Å²) in [6.07, 6.45) is 1.35. The predicted molar refractivity (Wildman–Crippen MR) is 143 cm³/mol. The molecule has 37 heavy (non-hydrogen) atoms. The number of hydrogen-bond donors (Lipinski definition) is 1. The van der Waals surface area contributed by atoms with Gasteiger partial charge in [0.25, 0.3) is 15.9 Å². The molecule has 0 aliphatic rings. The fourth-order valence-electron chi connectivity index (χ4n) is 3.55. The fraction of sp³-hybridized carbons (Fsp3) is 0.115. The highest BCUT2D eigenvalue weighted by Gasteiger charge is 2.29. The van der Waals surface area contributed by atoms with Crippen molar-refractivity contribution in [2.24, 2.45) is 5.10 Å². The smallest absolute Gasteiger partial charge is 0.264 e. The van der Waals surface area contributed by atoms with Gasteiger partial charge in [0.2, 0.25) is 0 Å². The van der Waals surface area contributed by atoms with Crippen LogP contribution in [0.5, 0.6) is 11.5 Å². The molecule has 4 aromatic rings. The number of fused-ring (bicyclic) bond motifs is 1. The van der Waals surface area contributed by atoms with Crippen LogP contribution in [-0.4, -0.2) is 46.3 Å². The number of benzene rings is 3. The molecule has 0 fully saturated rings. The van der Waals surface area contributed by atoms with Gasteiger partial charge >= 0.3 is 0 Å². The molecule has 3 aromatic carbocycles. The van der Waals surface area contributed by atoms with Crippen molar-refractivity contribution < 1.29 is 22.7 Å². The average molecular weight is 539 g/mol. The summed E-state index contributed by atoms with van der Waals surface area (Å²) in [7, 11) is -1.26. The number of hydrazone groups is 1. The molecule has 0 atom stereocenters. The Bertz CT molecular complexity index is 1560. The molecule has 0 saturated heterocycles. The predicted octanol–water partition coefficient (Wildman–Crippen LogP) is 4.25. The lowest BCUT2D eigenvalue weighted by atomic mass is 10.2. The molecular weight excluding hydrogens is 516 g/mol. The van der Waals surface area contributed by atoms with Gasteiger partial charge in [0.15, 0.2) is 0 Å². The summed E-state index contributed by atoms with van der Waals surface area (Å²) < 4.78 is 38.7. The van der Waals surface area contributed by atoms with Gasteiger partial charge in [-0.05, 0) is 36.4 Å². The Hall–Kier alpha value is -4.15. The molecule has 0 bridgehead atoms. The summed E-state index contributed by atoms with van der Waals surface area (Å²) in [4.78, 5) is 17.2. The summed E-state index contributed by atoms with van der Waals surface area (Å²) in [6.45, 7) is -0.568. The van der Waals surface area contributed by atoms with Crippen LogP contribution in [0.2, 0.25) is 5.15 Å². The third-order valence-electron chi connectivity index (χ3n) is 5.37. The van der Waals surface area contributed by atoms with Crippen LogP contribution < -0.4 is 19.2 Å². The van der Waals surface area contributed by atoms with Gasteiger partial charge in [0, 0.05) is 17.0 Å². The zero-order valence-electron chi connectivity index (χ0n) is 20.0. The molecule has 0 aliphatic heterocycles. The van der Waals surface area contributed by atoms with E-state index in [2.05, 4.69) is 15.5 Å². The largest absolute Gasteiger partial charge is 0.497 e. The number of nitrogens with one attached hydrogen (secondary N) is 1. The monoisotopic (exact) mass is 538 g/mol. The molecule has 9 nitrogen and oxygen atoms in total. The molecule has 190 valence electrons. The standard InChI is InChI=1S/C26H23ClN4O5S/c1-35-20-12-13-23(24(15-20)36-2)31(37(33,34)21-9-4-3-5-10-21)17-25(32)30-28-16-19-14-18-8-6-7-11-22(18)29-26(19)27/h3-16H,17H2,1-2H3,(H,30,32)/b28-16-. The quantitative estimate of drug-likeness (QED) is 0.194. The first kappa shape index (κ1) is 25.9. The van der Waals surface area contributed by atoms with Gasteiger partial charge in [-0.2, -0.15) is 5.10 Å². The first-order valence-corrected chi connectivity index (χ1v) is 12.8. The molecule has 0 saturated carbocycles. The van der Waals surface area contributed by atoms with Gasteiger partial charge in [-0.15, -0.1) is 0 Å². The van der Waals surface area contributed by atoms with E-state index >= 15 is 0 Å². The minimum absolute atomic E-state index is 0.0122. The number of ether oxygens (including phenoxy) is 2. The Balaban J connectivity index is 1.62. The second-order valence-corrected chi connectivity index (χ2v) is 9.94. The lowest BCUT2D eigenvalue weighted by Crippen LogP contribution is -2.39. The van der Waals surface area contributed by atoms with E-state index in [-0.39, 0.29) is 21.5 Å². The maximum absolute atomic E-state index is 13.6. The van der Waals surface area contributed by atoms with E-state index in [9.17, 15) is 13.2 Å². The van der Waals surface area contributed by atoms with Crippen LogP contribution in [0.1, 0.15) is 5.56 Å². The molecule has 0 aliphatic carbocycles. The van der Waals surface area contributed by atoms with Gasteiger partial charge in [-0.1, -0.05) is 48.0 Å². The maximum atomic E-state index is 13.6. The second kappa shape index (κ2) is 11.3. The van der Waals surface area contributed by atoms with E-state index < -0.39 is 22.5 Å². The number of sulfonamides is 1. The van der Waals surface area contributed by atoms with Crippen molar-refractivity contribution in [3.8, 4) is 11.5 Å². The van der Waals surface area contributed by atoms with Crippen molar-refractivity contribution in [1.29, 1.82) is 0 Å². The number of amides is 1. The highest BCUT2D eigenvalue weighted by atomic mass is 35.5. The molecule has 1 heterocycles. The highest BCUT2D eigenvalue weighted by Crippen LogP contribution is 2.35. The summed E-state index contributed by atoms with van der Waals surface area (Å²) in [5.41, 5.74) is 3.74. The third kappa shape index (κ3) is 5.82. The number of carbonyl (C=O) groups excluding carboxylic acids is 1. The van der Waals surface area contributed by atoms with E-state index in [0.29, 0.717) is 11.3 Å². The van der Waals surface area contributed by atoms with Crippen molar-refractivity contribution >= 4 is 50.3 Å². The second-order valence-electron chi connectivity index (χ2n) is 7.72. The van der Waals surface area contributed by atoms with Crippen LogP contribution in [0.3, 0.4) is 0 Å². The molecule has 4 rings (SSSR count). The van der Waals surface area contributed by atoms with Crippen molar-refractivity contribution in [2.45, 2.75) is 4.90 Å². The number of carbonyl (C=O) groups is 1. The molecular formula is C26H23ClN4O5S. The number of para-hydroxylation sites is 1. The van der Waals surface area contributed by atoms with Crippen LogP contribution in [0.15, 0.2) is 88.9 Å². The van der Waals surface area contributed by atoms with E-state index in [1.54, 1.807) is 30.3 Å². The van der Waals surface area contributed by atoms with Crippen LogP contribution in [0, 0.1) is 0 Å². The number of pyridine rings is 1. The zero-order valence-corrected chi connectivity index (χ0v) is 21.5. The third-order valence-corrected chi connectivity index (χ3v) is 7.45. The molecule has 1 N–H and O–H groups in total. The number of anilines is 1. The van der Waals surface area contributed by atoms with Crippen LogP contribution in [0.25, 0.3) is 10.9 Å². The summed E-state index contributed by atoms with van der Waals surface area (Å²) >= 11 is 6.24. The number of halogens is 1. The number of rotatable bonds is 9.